The Kier molecular flexibility index (Phi) is 6.18. The fraction of sp³-hybridized carbons (Fsp3) is 0.750. The van der Waals surface area contributed by atoms with Gasteiger partial charge in [-0.05, 0) is 16.6 Å². The van der Waals surface area contributed by atoms with Gasteiger partial charge in [0, 0.05) is 19.6 Å². The average Bonchev–Trinajstić information content (AvgIpc) is 2.05. The van der Waals surface area contributed by atoms with Gasteiger partial charge in [-0.15, -0.1) is 0 Å². The molecule has 2 nitrogen and oxygen atoms in total. The zero-order chi connectivity index (χ0) is 8.85. The number of halogens is 1. The minimum Gasteiger partial charge on any atom is -0.396 e. The summed E-state index contributed by atoms with van der Waals surface area (Å²) in [4.78, 5) is 0. The van der Waals surface area contributed by atoms with E-state index in [1.54, 1.807) is 7.11 Å². The summed E-state index contributed by atoms with van der Waals surface area (Å²) in [5.74, 6) is 0.172. The molecule has 0 aromatic carbocycles. The standard InChI is InChI=1S/C8H15IO2/c1-6(4-9)8(11-3)7(2)5-10/h4,7-8,10H,5H2,1-3H3/b6-4+/t7-,8+/m0/s1. The number of hydrogen-bond acceptors (Lipinski definition) is 2. The molecule has 0 spiro atoms. The maximum absolute atomic E-state index is 8.87. The average molecular weight is 270 g/mol. The zero-order valence-corrected chi connectivity index (χ0v) is 9.33. The van der Waals surface area contributed by atoms with Gasteiger partial charge in [-0.3, -0.25) is 0 Å². The molecule has 1 N–H and O–H groups in total. The summed E-state index contributed by atoms with van der Waals surface area (Å²) in [7, 11) is 1.67. The maximum atomic E-state index is 8.87. The van der Waals surface area contributed by atoms with Crippen molar-refractivity contribution < 1.29 is 9.84 Å². The van der Waals surface area contributed by atoms with Crippen LogP contribution in [0.15, 0.2) is 9.66 Å². The highest BCUT2D eigenvalue weighted by Crippen LogP contribution is 2.16. The van der Waals surface area contributed by atoms with E-state index >= 15 is 0 Å². The van der Waals surface area contributed by atoms with Crippen molar-refractivity contribution in [3.8, 4) is 0 Å². The summed E-state index contributed by atoms with van der Waals surface area (Å²) in [5.41, 5.74) is 1.16. The van der Waals surface area contributed by atoms with E-state index in [9.17, 15) is 0 Å². The Balaban J connectivity index is 4.15. The Morgan fingerprint density at radius 1 is 1.73 bits per heavy atom. The summed E-state index contributed by atoms with van der Waals surface area (Å²) in [6.45, 7) is 4.14. The Hall–Kier alpha value is 0.390. The summed E-state index contributed by atoms with van der Waals surface area (Å²) in [5, 5.41) is 8.87. The van der Waals surface area contributed by atoms with Crippen LogP contribution in [0.5, 0.6) is 0 Å². The van der Waals surface area contributed by atoms with Crippen LogP contribution >= 0.6 is 22.6 Å². The quantitative estimate of drug-likeness (QED) is 0.791. The van der Waals surface area contributed by atoms with Crippen LogP contribution < -0.4 is 0 Å². The van der Waals surface area contributed by atoms with Crippen LogP contribution in [0.2, 0.25) is 0 Å². The number of ether oxygens (including phenoxy) is 1. The summed E-state index contributed by atoms with van der Waals surface area (Å²) < 4.78 is 7.21. The molecular weight excluding hydrogens is 255 g/mol. The van der Waals surface area contributed by atoms with E-state index in [4.69, 9.17) is 9.84 Å². The van der Waals surface area contributed by atoms with E-state index in [0.29, 0.717) is 0 Å². The minimum absolute atomic E-state index is 0.0527. The molecule has 11 heavy (non-hydrogen) atoms. The molecular formula is C8H15IO2. The Morgan fingerprint density at radius 2 is 2.27 bits per heavy atom. The Labute approximate surface area is 81.8 Å². The third-order valence-corrected chi connectivity index (χ3v) is 2.66. The topological polar surface area (TPSA) is 29.5 Å². The lowest BCUT2D eigenvalue weighted by atomic mass is 10.0. The zero-order valence-electron chi connectivity index (χ0n) is 7.17. The van der Waals surface area contributed by atoms with E-state index in [-0.39, 0.29) is 18.6 Å². The Morgan fingerprint density at radius 3 is 2.55 bits per heavy atom. The highest BCUT2D eigenvalue weighted by atomic mass is 127. The van der Waals surface area contributed by atoms with E-state index in [1.165, 1.54) is 0 Å². The predicted molar refractivity (Wildman–Crippen MR) is 54.8 cm³/mol. The van der Waals surface area contributed by atoms with Crippen molar-refractivity contribution in [2.75, 3.05) is 13.7 Å². The highest BCUT2D eigenvalue weighted by Gasteiger charge is 2.16. The molecule has 0 heterocycles. The molecule has 66 valence electrons. The van der Waals surface area contributed by atoms with E-state index in [2.05, 4.69) is 22.6 Å². The van der Waals surface area contributed by atoms with Gasteiger partial charge in [-0.1, -0.05) is 29.5 Å². The van der Waals surface area contributed by atoms with Crippen molar-refractivity contribution in [2.45, 2.75) is 20.0 Å². The highest BCUT2D eigenvalue weighted by molar-refractivity contribution is 14.1. The SMILES string of the molecule is CO[C@H](/C(C)=C/I)[C@@H](C)CO. The van der Waals surface area contributed by atoms with Crippen molar-refractivity contribution in [3.63, 3.8) is 0 Å². The normalized spacial score (nSPS) is 18.1. The molecule has 0 fully saturated rings. The van der Waals surface area contributed by atoms with Crippen molar-refractivity contribution in [1.29, 1.82) is 0 Å². The van der Waals surface area contributed by atoms with Crippen LogP contribution in [-0.4, -0.2) is 24.9 Å². The molecule has 0 aromatic rings. The van der Waals surface area contributed by atoms with Gasteiger partial charge < -0.3 is 9.84 Å². The second-order valence-electron chi connectivity index (χ2n) is 2.67. The summed E-state index contributed by atoms with van der Waals surface area (Å²) >= 11 is 2.18. The lowest BCUT2D eigenvalue weighted by Crippen LogP contribution is -2.24. The Bertz CT molecular complexity index is 134. The fourth-order valence-electron chi connectivity index (χ4n) is 1.02. The maximum Gasteiger partial charge on any atom is 0.0833 e. The molecule has 0 amide bonds. The molecule has 0 aliphatic heterocycles. The first-order valence-corrected chi connectivity index (χ1v) is 4.82. The van der Waals surface area contributed by atoms with Crippen LogP contribution in [0.4, 0.5) is 0 Å². The molecule has 0 aliphatic rings. The molecule has 0 saturated heterocycles. The number of methoxy groups -OCH3 is 1. The molecule has 3 heteroatoms. The minimum atomic E-state index is 0.0527. The number of hydrogen-bond donors (Lipinski definition) is 1. The van der Waals surface area contributed by atoms with Crippen LogP contribution in [0.3, 0.4) is 0 Å². The second kappa shape index (κ2) is 5.97. The number of aliphatic hydroxyl groups excluding tert-OH is 1. The van der Waals surface area contributed by atoms with Gasteiger partial charge in [0.2, 0.25) is 0 Å². The van der Waals surface area contributed by atoms with E-state index in [0.717, 1.165) is 5.57 Å². The van der Waals surface area contributed by atoms with Crippen LogP contribution in [0, 0.1) is 5.92 Å². The fourth-order valence-corrected chi connectivity index (χ4v) is 1.38. The van der Waals surface area contributed by atoms with Gasteiger partial charge in [0.25, 0.3) is 0 Å². The van der Waals surface area contributed by atoms with Gasteiger partial charge >= 0.3 is 0 Å². The predicted octanol–water partition coefficient (Wildman–Crippen LogP) is 1.97. The van der Waals surface area contributed by atoms with E-state index < -0.39 is 0 Å². The van der Waals surface area contributed by atoms with E-state index in [1.807, 2.05) is 17.9 Å². The van der Waals surface area contributed by atoms with Crippen LogP contribution in [-0.2, 0) is 4.74 Å². The third-order valence-electron chi connectivity index (χ3n) is 1.68. The summed E-state index contributed by atoms with van der Waals surface area (Å²) in [6, 6.07) is 0. The van der Waals surface area contributed by atoms with Crippen molar-refractivity contribution in [1.82, 2.24) is 0 Å². The molecule has 0 aliphatic carbocycles. The monoisotopic (exact) mass is 270 g/mol. The molecule has 0 saturated carbocycles. The van der Waals surface area contributed by atoms with Crippen LogP contribution in [0.25, 0.3) is 0 Å². The molecule has 0 aromatic heterocycles. The van der Waals surface area contributed by atoms with Gasteiger partial charge in [0.05, 0.1) is 6.10 Å². The second-order valence-corrected chi connectivity index (χ2v) is 3.29. The van der Waals surface area contributed by atoms with Gasteiger partial charge in [0.1, 0.15) is 0 Å². The van der Waals surface area contributed by atoms with Gasteiger partial charge in [-0.2, -0.15) is 0 Å². The smallest absolute Gasteiger partial charge is 0.0833 e. The van der Waals surface area contributed by atoms with Crippen molar-refractivity contribution in [3.05, 3.63) is 9.66 Å². The van der Waals surface area contributed by atoms with Gasteiger partial charge in [0.15, 0.2) is 0 Å². The first kappa shape index (κ1) is 11.4. The van der Waals surface area contributed by atoms with Crippen LogP contribution in [0.1, 0.15) is 13.8 Å². The largest absolute Gasteiger partial charge is 0.396 e. The number of rotatable bonds is 4. The van der Waals surface area contributed by atoms with Crippen molar-refractivity contribution >= 4 is 22.6 Å². The lowest BCUT2D eigenvalue weighted by Gasteiger charge is -2.20. The lowest BCUT2D eigenvalue weighted by molar-refractivity contribution is 0.0590. The number of aliphatic hydroxyl groups is 1. The molecule has 0 unspecified atom stereocenters. The molecule has 0 bridgehead atoms. The summed E-state index contributed by atoms with van der Waals surface area (Å²) in [6.07, 6.45) is 0.0527. The van der Waals surface area contributed by atoms with Gasteiger partial charge in [-0.25, -0.2) is 0 Å². The molecule has 2 atom stereocenters. The third kappa shape index (κ3) is 3.53. The molecule has 0 radical (unpaired) electrons. The first-order valence-electron chi connectivity index (χ1n) is 3.57. The van der Waals surface area contributed by atoms with Crippen molar-refractivity contribution in [2.24, 2.45) is 5.92 Å². The molecule has 0 rings (SSSR count). The first-order chi connectivity index (χ1) is 5.17.